The molecule has 2 aromatic rings. The Morgan fingerprint density at radius 2 is 2.33 bits per heavy atom. The molecule has 1 N–H and O–H groups in total. The summed E-state index contributed by atoms with van der Waals surface area (Å²) in [6.07, 6.45) is 6.89. The van der Waals surface area contributed by atoms with Crippen molar-refractivity contribution in [2.75, 3.05) is 6.61 Å². The van der Waals surface area contributed by atoms with Gasteiger partial charge in [-0.1, -0.05) is 6.42 Å². The topological polar surface area (TPSA) is 50.4 Å². The molecule has 2 aromatic heterocycles. The largest absolute Gasteiger partial charge is 0.395 e. The van der Waals surface area contributed by atoms with Gasteiger partial charge in [0.1, 0.15) is 0 Å². The van der Waals surface area contributed by atoms with Gasteiger partial charge in [0.05, 0.1) is 12.3 Å². The minimum Gasteiger partial charge on any atom is -0.395 e. The van der Waals surface area contributed by atoms with Gasteiger partial charge in [0.2, 0.25) is 0 Å². The zero-order valence-corrected chi connectivity index (χ0v) is 8.43. The molecule has 1 saturated carbocycles. The molecule has 1 aliphatic rings. The number of aliphatic hydroxyl groups is 1. The zero-order chi connectivity index (χ0) is 10.3. The van der Waals surface area contributed by atoms with Gasteiger partial charge in [-0.25, -0.2) is 9.50 Å². The van der Waals surface area contributed by atoms with Gasteiger partial charge in [0, 0.05) is 23.9 Å². The van der Waals surface area contributed by atoms with E-state index in [1.165, 1.54) is 6.42 Å². The van der Waals surface area contributed by atoms with Gasteiger partial charge in [-0.2, -0.15) is 5.10 Å². The van der Waals surface area contributed by atoms with Crippen LogP contribution >= 0.6 is 0 Å². The second-order valence-electron chi connectivity index (χ2n) is 4.24. The van der Waals surface area contributed by atoms with Crippen LogP contribution in [0.3, 0.4) is 0 Å². The summed E-state index contributed by atoms with van der Waals surface area (Å²) in [6, 6.07) is 3.84. The molecule has 15 heavy (non-hydrogen) atoms. The van der Waals surface area contributed by atoms with E-state index < -0.39 is 0 Å². The maximum Gasteiger partial charge on any atom is 0.155 e. The van der Waals surface area contributed by atoms with Crippen LogP contribution in [-0.4, -0.2) is 26.3 Å². The van der Waals surface area contributed by atoms with E-state index in [-0.39, 0.29) is 12.0 Å². The Hall–Kier alpha value is -1.42. The minimum atomic E-state index is -0.0896. The summed E-state index contributed by atoms with van der Waals surface area (Å²) in [5, 5.41) is 13.9. The van der Waals surface area contributed by atoms with Crippen molar-refractivity contribution < 1.29 is 5.11 Å². The van der Waals surface area contributed by atoms with Gasteiger partial charge >= 0.3 is 0 Å². The Labute approximate surface area is 87.6 Å². The summed E-state index contributed by atoms with van der Waals surface area (Å²) in [7, 11) is 0. The Bertz CT molecular complexity index is 449. The maximum atomic E-state index is 9.45. The predicted molar refractivity (Wildman–Crippen MR) is 55.6 cm³/mol. The second-order valence-corrected chi connectivity index (χ2v) is 4.24. The minimum absolute atomic E-state index is 0.0896. The average molecular weight is 203 g/mol. The van der Waals surface area contributed by atoms with Crippen LogP contribution in [0.4, 0.5) is 0 Å². The Kier molecular flexibility index (Phi) is 1.79. The highest BCUT2D eigenvalue weighted by molar-refractivity contribution is 5.41. The summed E-state index contributed by atoms with van der Waals surface area (Å²) in [4.78, 5) is 4.23. The van der Waals surface area contributed by atoms with Gasteiger partial charge in [0.25, 0.3) is 0 Å². The maximum absolute atomic E-state index is 9.45. The van der Waals surface area contributed by atoms with Crippen molar-refractivity contribution in [2.45, 2.75) is 24.7 Å². The van der Waals surface area contributed by atoms with E-state index >= 15 is 0 Å². The third-order valence-corrected chi connectivity index (χ3v) is 3.39. The molecule has 0 amide bonds. The van der Waals surface area contributed by atoms with Crippen molar-refractivity contribution in [3.05, 3.63) is 30.2 Å². The summed E-state index contributed by atoms with van der Waals surface area (Å²) in [5.41, 5.74) is 1.75. The van der Waals surface area contributed by atoms with Crippen molar-refractivity contribution in [3.8, 4) is 0 Å². The van der Waals surface area contributed by atoms with E-state index in [0.717, 1.165) is 24.2 Å². The first-order chi connectivity index (χ1) is 7.34. The van der Waals surface area contributed by atoms with Gasteiger partial charge < -0.3 is 5.11 Å². The number of aliphatic hydroxyl groups excluding tert-OH is 1. The molecular formula is C11H13N3O. The lowest BCUT2D eigenvalue weighted by molar-refractivity contribution is 0.116. The zero-order valence-electron chi connectivity index (χ0n) is 8.43. The van der Waals surface area contributed by atoms with E-state index in [2.05, 4.69) is 10.1 Å². The smallest absolute Gasteiger partial charge is 0.155 e. The van der Waals surface area contributed by atoms with Crippen LogP contribution in [-0.2, 0) is 5.41 Å². The summed E-state index contributed by atoms with van der Waals surface area (Å²) in [5.74, 6) is 0. The van der Waals surface area contributed by atoms with Crippen LogP contribution in [0, 0.1) is 0 Å². The number of fused-ring (bicyclic) bond motifs is 1. The molecule has 1 aliphatic carbocycles. The van der Waals surface area contributed by atoms with Crippen LogP contribution < -0.4 is 0 Å². The number of nitrogens with zero attached hydrogens (tertiary/aromatic N) is 3. The van der Waals surface area contributed by atoms with E-state index in [9.17, 15) is 5.11 Å². The SMILES string of the molecule is OCC1(c2cc3ncccn3n2)CCC1. The molecule has 0 radical (unpaired) electrons. The molecule has 4 nitrogen and oxygen atoms in total. The van der Waals surface area contributed by atoms with Gasteiger partial charge in [-0.05, 0) is 18.9 Å². The number of hydrogen-bond donors (Lipinski definition) is 1. The van der Waals surface area contributed by atoms with Crippen molar-refractivity contribution in [1.82, 2.24) is 14.6 Å². The molecule has 0 saturated heterocycles. The molecule has 0 bridgehead atoms. The lowest BCUT2D eigenvalue weighted by Crippen LogP contribution is -2.38. The lowest BCUT2D eigenvalue weighted by Gasteiger charge is -2.38. The third-order valence-electron chi connectivity index (χ3n) is 3.39. The third kappa shape index (κ3) is 1.18. The number of rotatable bonds is 2. The van der Waals surface area contributed by atoms with Crippen molar-refractivity contribution >= 4 is 5.65 Å². The van der Waals surface area contributed by atoms with Crippen LogP contribution in [0.1, 0.15) is 25.0 Å². The average Bonchev–Trinajstić information content (AvgIpc) is 2.60. The Morgan fingerprint density at radius 1 is 1.47 bits per heavy atom. The van der Waals surface area contributed by atoms with Gasteiger partial charge in [-0.3, -0.25) is 0 Å². The summed E-state index contributed by atoms with van der Waals surface area (Å²) < 4.78 is 1.77. The lowest BCUT2D eigenvalue weighted by atomic mass is 9.67. The van der Waals surface area contributed by atoms with Crippen LogP contribution in [0.5, 0.6) is 0 Å². The Morgan fingerprint density at radius 3 is 2.93 bits per heavy atom. The molecule has 3 rings (SSSR count). The number of aromatic nitrogens is 3. The first-order valence-electron chi connectivity index (χ1n) is 5.26. The molecule has 1 fully saturated rings. The summed E-state index contributed by atoms with van der Waals surface area (Å²) in [6.45, 7) is 0.191. The fraction of sp³-hybridized carbons (Fsp3) is 0.455. The molecule has 0 atom stereocenters. The monoisotopic (exact) mass is 203 g/mol. The highest BCUT2D eigenvalue weighted by Crippen LogP contribution is 2.42. The van der Waals surface area contributed by atoms with Crippen LogP contribution in [0.2, 0.25) is 0 Å². The second kappa shape index (κ2) is 3.03. The molecule has 0 spiro atoms. The molecular weight excluding hydrogens is 190 g/mol. The first kappa shape index (κ1) is 8.85. The van der Waals surface area contributed by atoms with Gasteiger partial charge in [0.15, 0.2) is 5.65 Å². The van der Waals surface area contributed by atoms with Crippen molar-refractivity contribution in [3.63, 3.8) is 0 Å². The Balaban J connectivity index is 2.11. The van der Waals surface area contributed by atoms with Crippen LogP contribution in [0.25, 0.3) is 5.65 Å². The summed E-state index contributed by atoms with van der Waals surface area (Å²) >= 11 is 0. The van der Waals surface area contributed by atoms with E-state index in [1.807, 2.05) is 18.3 Å². The highest BCUT2D eigenvalue weighted by Gasteiger charge is 2.40. The first-order valence-corrected chi connectivity index (χ1v) is 5.26. The fourth-order valence-corrected chi connectivity index (χ4v) is 2.19. The molecule has 0 aliphatic heterocycles. The van der Waals surface area contributed by atoms with Crippen LogP contribution in [0.15, 0.2) is 24.5 Å². The van der Waals surface area contributed by atoms with Crippen molar-refractivity contribution in [2.24, 2.45) is 0 Å². The normalized spacial score (nSPS) is 19.0. The number of hydrogen-bond acceptors (Lipinski definition) is 3. The van der Waals surface area contributed by atoms with E-state index in [1.54, 1.807) is 10.7 Å². The van der Waals surface area contributed by atoms with Crippen molar-refractivity contribution in [1.29, 1.82) is 0 Å². The van der Waals surface area contributed by atoms with E-state index in [4.69, 9.17) is 0 Å². The highest BCUT2D eigenvalue weighted by atomic mass is 16.3. The quantitative estimate of drug-likeness (QED) is 0.796. The molecule has 2 heterocycles. The molecule has 0 aromatic carbocycles. The molecule has 78 valence electrons. The predicted octanol–water partition coefficient (Wildman–Crippen LogP) is 1.14. The van der Waals surface area contributed by atoms with E-state index in [0.29, 0.717) is 0 Å². The van der Waals surface area contributed by atoms with Gasteiger partial charge in [-0.15, -0.1) is 0 Å². The molecule has 4 heteroatoms. The molecule has 0 unspecified atom stereocenters. The fourth-order valence-electron chi connectivity index (χ4n) is 2.19. The standard InChI is InChI=1S/C11H13N3O/c15-8-11(3-1-4-11)9-7-10-12-5-2-6-14(10)13-9/h2,5-7,15H,1,3-4,8H2.